The third-order valence-electron chi connectivity index (χ3n) is 3.44. The van der Waals surface area contributed by atoms with Gasteiger partial charge in [0.1, 0.15) is 5.75 Å². The highest BCUT2D eigenvalue weighted by molar-refractivity contribution is 5.94. The first-order chi connectivity index (χ1) is 10.0. The van der Waals surface area contributed by atoms with Crippen molar-refractivity contribution in [2.45, 2.75) is 19.9 Å². The zero-order valence-electron chi connectivity index (χ0n) is 12.0. The molecular formula is C16H18N2O3. The minimum absolute atomic E-state index is 0.166. The van der Waals surface area contributed by atoms with Gasteiger partial charge in [-0.05, 0) is 37.6 Å². The number of H-pyrrole nitrogens is 1. The molecule has 1 aromatic carbocycles. The monoisotopic (exact) mass is 286 g/mol. The summed E-state index contributed by atoms with van der Waals surface area (Å²) >= 11 is 0. The number of hydrogen-bond acceptors (Lipinski definition) is 3. The molecule has 0 spiro atoms. The van der Waals surface area contributed by atoms with Crippen LogP contribution in [0.3, 0.4) is 0 Å². The lowest BCUT2D eigenvalue weighted by atomic mass is 10.1. The van der Waals surface area contributed by atoms with E-state index in [4.69, 9.17) is 0 Å². The molecule has 0 fully saturated rings. The lowest BCUT2D eigenvalue weighted by Gasteiger charge is -2.28. The normalized spacial score (nSPS) is 11.9. The van der Waals surface area contributed by atoms with Gasteiger partial charge in [0, 0.05) is 24.4 Å². The quantitative estimate of drug-likeness (QED) is 0.905. The number of amides is 1. The topological polar surface area (TPSA) is 73.4 Å². The molecule has 0 bridgehead atoms. The predicted octanol–water partition coefficient (Wildman–Crippen LogP) is 2.30. The van der Waals surface area contributed by atoms with Crippen molar-refractivity contribution in [3.8, 4) is 5.75 Å². The van der Waals surface area contributed by atoms with E-state index < -0.39 is 0 Å². The van der Waals surface area contributed by atoms with E-state index in [0.29, 0.717) is 12.1 Å². The lowest BCUT2D eigenvalue weighted by Crippen LogP contribution is -2.34. The van der Waals surface area contributed by atoms with Crippen LogP contribution in [0.1, 0.15) is 35.8 Å². The zero-order valence-corrected chi connectivity index (χ0v) is 12.0. The van der Waals surface area contributed by atoms with Crippen molar-refractivity contribution in [3.63, 3.8) is 0 Å². The maximum absolute atomic E-state index is 12.5. The minimum Gasteiger partial charge on any atom is -0.508 e. The molecule has 21 heavy (non-hydrogen) atoms. The Morgan fingerprint density at radius 2 is 2.10 bits per heavy atom. The molecule has 0 saturated carbocycles. The number of aromatic amines is 1. The van der Waals surface area contributed by atoms with Gasteiger partial charge in [0.05, 0.1) is 6.04 Å². The van der Waals surface area contributed by atoms with Gasteiger partial charge in [0.2, 0.25) is 5.56 Å². The lowest BCUT2D eigenvalue weighted by molar-refractivity contribution is 0.0702. The molecule has 0 aliphatic rings. The average Bonchev–Trinajstić information content (AvgIpc) is 2.47. The largest absolute Gasteiger partial charge is 0.508 e. The minimum atomic E-state index is -0.304. The van der Waals surface area contributed by atoms with Gasteiger partial charge in [-0.15, -0.1) is 0 Å². The summed E-state index contributed by atoms with van der Waals surface area (Å²) in [5.41, 5.74) is 0.893. The molecule has 1 aromatic heterocycles. The van der Waals surface area contributed by atoms with Gasteiger partial charge in [0.15, 0.2) is 0 Å². The van der Waals surface area contributed by atoms with Crippen LogP contribution in [-0.4, -0.2) is 27.4 Å². The maximum Gasteiger partial charge on any atom is 0.254 e. The number of carbonyl (C=O) groups excluding carboxylic acids is 1. The Hall–Kier alpha value is -2.56. The number of pyridine rings is 1. The van der Waals surface area contributed by atoms with Crippen LogP contribution in [0.4, 0.5) is 0 Å². The van der Waals surface area contributed by atoms with Crippen LogP contribution in [0.15, 0.2) is 47.4 Å². The van der Waals surface area contributed by atoms with E-state index in [1.54, 1.807) is 29.2 Å². The van der Waals surface area contributed by atoms with E-state index in [9.17, 15) is 14.7 Å². The van der Waals surface area contributed by atoms with Crippen molar-refractivity contribution >= 4 is 5.91 Å². The van der Waals surface area contributed by atoms with Crippen LogP contribution < -0.4 is 5.56 Å². The molecule has 1 unspecified atom stereocenters. The van der Waals surface area contributed by atoms with Gasteiger partial charge in [-0.3, -0.25) is 9.59 Å². The molecule has 0 saturated heterocycles. The highest BCUT2D eigenvalue weighted by atomic mass is 16.3. The summed E-state index contributed by atoms with van der Waals surface area (Å²) < 4.78 is 0. The second-order valence-corrected chi connectivity index (χ2v) is 4.80. The third kappa shape index (κ3) is 3.31. The number of nitrogens with zero attached hydrogens (tertiary/aromatic N) is 1. The first kappa shape index (κ1) is 14.8. The molecule has 0 radical (unpaired) electrons. The number of rotatable bonds is 4. The van der Waals surface area contributed by atoms with Crippen molar-refractivity contribution in [3.05, 3.63) is 64.1 Å². The SMILES string of the molecule is CCN(C(=O)c1cc[nH]c(=O)c1)C(C)c1cccc(O)c1. The van der Waals surface area contributed by atoms with Crippen LogP contribution >= 0.6 is 0 Å². The molecular weight excluding hydrogens is 268 g/mol. The Labute approximate surface area is 122 Å². The van der Waals surface area contributed by atoms with E-state index in [0.717, 1.165) is 5.56 Å². The number of aromatic hydroxyl groups is 1. The molecule has 2 rings (SSSR count). The van der Waals surface area contributed by atoms with Gasteiger partial charge in [-0.2, -0.15) is 0 Å². The van der Waals surface area contributed by atoms with Gasteiger partial charge in [-0.25, -0.2) is 0 Å². The number of benzene rings is 1. The standard InChI is InChI=1S/C16H18N2O3/c1-3-18(11(2)12-5-4-6-14(19)9-12)16(21)13-7-8-17-15(20)10-13/h4-11,19H,3H2,1-2H3,(H,17,20). The maximum atomic E-state index is 12.5. The number of carbonyl (C=O) groups is 1. The summed E-state index contributed by atoms with van der Waals surface area (Å²) in [6.45, 7) is 4.27. The Morgan fingerprint density at radius 3 is 2.71 bits per heavy atom. The molecule has 5 nitrogen and oxygen atoms in total. The van der Waals surface area contributed by atoms with E-state index >= 15 is 0 Å². The summed E-state index contributed by atoms with van der Waals surface area (Å²) in [7, 11) is 0. The molecule has 0 aliphatic carbocycles. The van der Waals surface area contributed by atoms with Crippen molar-refractivity contribution in [1.29, 1.82) is 0 Å². The molecule has 1 heterocycles. The Balaban J connectivity index is 2.30. The average molecular weight is 286 g/mol. The number of phenols is 1. The summed E-state index contributed by atoms with van der Waals surface area (Å²) in [5.74, 6) is -0.0431. The van der Waals surface area contributed by atoms with E-state index in [2.05, 4.69) is 4.98 Å². The van der Waals surface area contributed by atoms with Crippen molar-refractivity contribution in [2.24, 2.45) is 0 Å². The Kier molecular flexibility index (Phi) is 4.42. The zero-order chi connectivity index (χ0) is 15.4. The van der Waals surface area contributed by atoms with E-state index in [-0.39, 0.29) is 23.3 Å². The number of phenolic OH excluding ortho intramolecular Hbond substituents is 1. The molecule has 2 N–H and O–H groups in total. The highest BCUT2D eigenvalue weighted by Crippen LogP contribution is 2.24. The van der Waals surface area contributed by atoms with E-state index in [1.165, 1.54) is 12.3 Å². The molecule has 2 aromatic rings. The highest BCUT2D eigenvalue weighted by Gasteiger charge is 2.21. The van der Waals surface area contributed by atoms with E-state index in [1.807, 2.05) is 19.9 Å². The third-order valence-corrected chi connectivity index (χ3v) is 3.44. The Bertz CT molecular complexity index is 694. The van der Waals surface area contributed by atoms with Gasteiger partial charge < -0.3 is 15.0 Å². The fourth-order valence-electron chi connectivity index (χ4n) is 2.30. The van der Waals surface area contributed by atoms with Crippen molar-refractivity contribution < 1.29 is 9.90 Å². The molecule has 1 amide bonds. The van der Waals surface area contributed by atoms with Crippen molar-refractivity contribution in [2.75, 3.05) is 6.54 Å². The number of hydrogen-bond donors (Lipinski definition) is 2. The number of aromatic nitrogens is 1. The summed E-state index contributed by atoms with van der Waals surface area (Å²) in [5, 5.41) is 9.56. The fraction of sp³-hybridized carbons (Fsp3) is 0.250. The smallest absolute Gasteiger partial charge is 0.254 e. The summed E-state index contributed by atoms with van der Waals surface area (Å²) in [6.07, 6.45) is 1.46. The van der Waals surface area contributed by atoms with Crippen LogP contribution in [0.5, 0.6) is 5.75 Å². The predicted molar refractivity (Wildman–Crippen MR) is 80.3 cm³/mol. The first-order valence-electron chi connectivity index (χ1n) is 6.81. The van der Waals surface area contributed by atoms with Crippen LogP contribution in [0.25, 0.3) is 0 Å². The van der Waals surface area contributed by atoms with Crippen LogP contribution in [0.2, 0.25) is 0 Å². The molecule has 5 heteroatoms. The molecule has 1 atom stereocenters. The van der Waals surface area contributed by atoms with Gasteiger partial charge in [0.25, 0.3) is 5.91 Å². The molecule has 0 aliphatic heterocycles. The number of nitrogens with one attached hydrogen (secondary N) is 1. The molecule has 110 valence electrons. The van der Waals surface area contributed by atoms with Gasteiger partial charge in [-0.1, -0.05) is 12.1 Å². The second-order valence-electron chi connectivity index (χ2n) is 4.80. The van der Waals surface area contributed by atoms with Crippen LogP contribution in [0, 0.1) is 0 Å². The summed E-state index contributed by atoms with van der Waals surface area (Å²) in [6, 6.07) is 9.50. The Morgan fingerprint density at radius 1 is 1.33 bits per heavy atom. The van der Waals surface area contributed by atoms with Gasteiger partial charge >= 0.3 is 0 Å². The second kappa shape index (κ2) is 6.26. The van der Waals surface area contributed by atoms with Crippen LogP contribution in [-0.2, 0) is 0 Å². The fourth-order valence-corrected chi connectivity index (χ4v) is 2.30. The summed E-state index contributed by atoms with van der Waals surface area (Å²) in [4.78, 5) is 28.0. The first-order valence-corrected chi connectivity index (χ1v) is 6.81. The van der Waals surface area contributed by atoms with Crippen molar-refractivity contribution in [1.82, 2.24) is 9.88 Å².